The molecule has 0 aromatic heterocycles. The number of amides is 2. The minimum atomic E-state index is -4.17. The smallest absolute Gasteiger partial charge is 0.264 e. The van der Waals surface area contributed by atoms with Gasteiger partial charge in [0.2, 0.25) is 11.8 Å². The molecule has 1 N–H and O–H groups in total. The van der Waals surface area contributed by atoms with Gasteiger partial charge in [0.15, 0.2) is 0 Å². The highest BCUT2D eigenvalue weighted by atomic mass is 35.5. The van der Waals surface area contributed by atoms with Crippen LogP contribution in [0, 0.1) is 20.8 Å². The molecule has 2 amide bonds. The molecule has 0 spiro atoms. The van der Waals surface area contributed by atoms with Gasteiger partial charge in [0.25, 0.3) is 10.0 Å². The van der Waals surface area contributed by atoms with Gasteiger partial charge in [-0.15, -0.1) is 0 Å². The molecule has 0 unspecified atom stereocenters. The van der Waals surface area contributed by atoms with Crippen molar-refractivity contribution >= 4 is 39.1 Å². The third-order valence-corrected chi connectivity index (χ3v) is 10.1. The van der Waals surface area contributed by atoms with Crippen LogP contribution < -0.4 is 9.62 Å². The molecular formula is C37H42ClN3O4S. The highest BCUT2D eigenvalue weighted by Crippen LogP contribution is 2.29. The number of carbonyl (C=O) groups is 2. The lowest BCUT2D eigenvalue weighted by atomic mass is 10.0. The Balaban J connectivity index is 1.81. The highest BCUT2D eigenvalue weighted by molar-refractivity contribution is 7.92. The Morgan fingerprint density at radius 3 is 2.15 bits per heavy atom. The molecular weight excluding hydrogens is 618 g/mol. The number of sulfonamides is 1. The second kappa shape index (κ2) is 15.9. The number of anilines is 1. The van der Waals surface area contributed by atoms with Crippen LogP contribution in [0.2, 0.25) is 5.02 Å². The molecule has 0 radical (unpaired) electrons. The van der Waals surface area contributed by atoms with Gasteiger partial charge in [0, 0.05) is 24.5 Å². The predicted molar refractivity (Wildman–Crippen MR) is 185 cm³/mol. The molecule has 0 aliphatic carbocycles. The number of halogens is 1. The average Bonchev–Trinajstić information content (AvgIpc) is 3.04. The molecule has 0 bridgehead atoms. The van der Waals surface area contributed by atoms with Crippen molar-refractivity contribution in [1.29, 1.82) is 0 Å². The summed E-state index contributed by atoms with van der Waals surface area (Å²) in [7, 11) is -4.17. The van der Waals surface area contributed by atoms with Gasteiger partial charge >= 0.3 is 0 Å². The lowest BCUT2D eigenvalue weighted by molar-refractivity contribution is -0.140. The molecule has 242 valence electrons. The molecule has 0 saturated heterocycles. The molecule has 4 rings (SSSR count). The fraction of sp³-hybridized carbons (Fsp3) is 0.297. The molecule has 0 saturated carbocycles. The summed E-state index contributed by atoms with van der Waals surface area (Å²) in [5.41, 5.74) is 4.60. The van der Waals surface area contributed by atoms with Crippen LogP contribution in [0.3, 0.4) is 0 Å². The quantitative estimate of drug-likeness (QED) is 0.148. The first-order chi connectivity index (χ1) is 22.0. The zero-order valence-corrected chi connectivity index (χ0v) is 28.4. The van der Waals surface area contributed by atoms with E-state index in [1.54, 1.807) is 48.5 Å². The van der Waals surface area contributed by atoms with Gasteiger partial charge in [-0.1, -0.05) is 97.2 Å². The number of hydrogen-bond acceptors (Lipinski definition) is 4. The van der Waals surface area contributed by atoms with E-state index in [-0.39, 0.29) is 23.8 Å². The van der Waals surface area contributed by atoms with Crippen molar-refractivity contribution in [3.05, 3.63) is 130 Å². The average molecular weight is 660 g/mol. The van der Waals surface area contributed by atoms with Gasteiger partial charge in [-0.05, 0) is 79.8 Å². The van der Waals surface area contributed by atoms with Crippen LogP contribution in [0.15, 0.2) is 102 Å². The molecule has 46 heavy (non-hydrogen) atoms. The summed E-state index contributed by atoms with van der Waals surface area (Å²) in [6, 6.07) is 27.7. The Labute approximate surface area is 278 Å². The number of nitrogens with one attached hydrogen (secondary N) is 1. The van der Waals surface area contributed by atoms with E-state index in [0.717, 1.165) is 40.7 Å². The van der Waals surface area contributed by atoms with Crippen molar-refractivity contribution in [2.45, 2.75) is 64.4 Å². The van der Waals surface area contributed by atoms with E-state index in [2.05, 4.69) is 5.32 Å². The maximum atomic E-state index is 14.6. The van der Waals surface area contributed by atoms with Crippen LogP contribution in [0.1, 0.15) is 47.6 Å². The second-order valence-electron chi connectivity index (χ2n) is 11.5. The molecule has 0 heterocycles. The first-order valence-corrected chi connectivity index (χ1v) is 17.3. The summed E-state index contributed by atoms with van der Waals surface area (Å²) in [6.45, 7) is 7.73. The number of nitrogens with zero attached hydrogens (tertiary/aromatic N) is 2. The van der Waals surface area contributed by atoms with Crippen LogP contribution >= 0.6 is 11.6 Å². The second-order valence-corrected chi connectivity index (χ2v) is 13.8. The monoisotopic (exact) mass is 659 g/mol. The Morgan fingerprint density at radius 2 is 1.50 bits per heavy atom. The third kappa shape index (κ3) is 8.77. The van der Waals surface area contributed by atoms with Crippen molar-refractivity contribution in [3.8, 4) is 0 Å². The molecule has 0 aliphatic rings. The van der Waals surface area contributed by atoms with Crippen molar-refractivity contribution in [1.82, 2.24) is 10.2 Å². The van der Waals surface area contributed by atoms with Crippen molar-refractivity contribution < 1.29 is 18.0 Å². The zero-order chi connectivity index (χ0) is 33.3. The lowest BCUT2D eigenvalue weighted by Gasteiger charge is -2.34. The van der Waals surface area contributed by atoms with E-state index in [0.29, 0.717) is 17.3 Å². The van der Waals surface area contributed by atoms with E-state index in [4.69, 9.17) is 11.6 Å². The van der Waals surface area contributed by atoms with Crippen molar-refractivity contribution in [3.63, 3.8) is 0 Å². The van der Waals surface area contributed by atoms with Gasteiger partial charge in [-0.2, -0.15) is 0 Å². The minimum absolute atomic E-state index is 0.0780. The predicted octanol–water partition coefficient (Wildman–Crippen LogP) is 7.02. The topological polar surface area (TPSA) is 86.8 Å². The standard InChI is InChI=1S/C37H42ClN3O4S/c1-5-6-23-39-37(43)35(24-30-12-8-7-9-13-30)40(25-31-17-19-32(38)20-18-31)36(42)26-41(34-14-10-11-28(3)29(34)4)46(44,45)33-21-15-27(2)16-22-33/h7-22,35H,5-6,23-26H2,1-4H3,(H,39,43)/t35-/m0/s1. The Bertz CT molecular complexity index is 1730. The van der Waals surface area contributed by atoms with Crippen LogP contribution in [0.5, 0.6) is 0 Å². The number of hydrogen-bond donors (Lipinski definition) is 1. The summed E-state index contributed by atoms with van der Waals surface area (Å²) < 4.78 is 29.8. The van der Waals surface area contributed by atoms with Crippen molar-refractivity contribution in [2.75, 3.05) is 17.4 Å². The number of aryl methyl sites for hydroxylation is 2. The van der Waals surface area contributed by atoms with E-state index in [1.807, 2.05) is 76.2 Å². The van der Waals surface area contributed by atoms with Gasteiger partial charge in [-0.25, -0.2) is 8.42 Å². The van der Waals surface area contributed by atoms with E-state index >= 15 is 0 Å². The van der Waals surface area contributed by atoms with Crippen LogP contribution in [0.4, 0.5) is 5.69 Å². The van der Waals surface area contributed by atoms with E-state index in [9.17, 15) is 18.0 Å². The molecule has 4 aromatic carbocycles. The Kier molecular flexibility index (Phi) is 12.0. The van der Waals surface area contributed by atoms with Gasteiger partial charge < -0.3 is 10.2 Å². The van der Waals surface area contributed by atoms with Crippen LogP contribution in [-0.2, 0) is 32.6 Å². The van der Waals surface area contributed by atoms with E-state index < -0.39 is 28.5 Å². The normalized spacial score (nSPS) is 11.9. The summed E-state index contributed by atoms with van der Waals surface area (Å²) in [4.78, 5) is 30.0. The van der Waals surface area contributed by atoms with Gasteiger partial charge in [0.1, 0.15) is 12.6 Å². The largest absolute Gasteiger partial charge is 0.354 e. The minimum Gasteiger partial charge on any atom is -0.354 e. The number of unbranched alkanes of at least 4 members (excludes halogenated alkanes) is 1. The first kappa shape index (κ1) is 34.7. The molecule has 0 fully saturated rings. The number of rotatable bonds is 14. The lowest BCUT2D eigenvalue weighted by Crippen LogP contribution is -2.53. The molecule has 4 aromatic rings. The summed E-state index contributed by atoms with van der Waals surface area (Å²) in [6.07, 6.45) is 1.95. The Hall–Kier alpha value is -4.14. The Morgan fingerprint density at radius 1 is 0.826 bits per heavy atom. The first-order valence-electron chi connectivity index (χ1n) is 15.5. The zero-order valence-electron chi connectivity index (χ0n) is 26.9. The van der Waals surface area contributed by atoms with Crippen molar-refractivity contribution in [2.24, 2.45) is 0 Å². The number of carbonyl (C=O) groups excluding carboxylic acids is 2. The summed E-state index contributed by atoms with van der Waals surface area (Å²) in [5.74, 6) is -0.794. The molecule has 7 nitrogen and oxygen atoms in total. The third-order valence-electron chi connectivity index (χ3n) is 8.10. The molecule has 0 aliphatic heterocycles. The maximum Gasteiger partial charge on any atom is 0.264 e. The fourth-order valence-corrected chi connectivity index (χ4v) is 6.80. The fourth-order valence-electron chi connectivity index (χ4n) is 5.20. The number of benzene rings is 4. The maximum absolute atomic E-state index is 14.6. The van der Waals surface area contributed by atoms with E-state index in [1.165, 1.54) is 9.21 Å². The summed E-state index contributed by atoms with van der Waals surface area (Å²) in [5, 5.41) is 3.56. The summed E-state index contributed by atoms with van der Waals surface area (Å²) >= 11 is 6.17. The van der Waals surface area contributed by atoms with Gasteiger partial charge in [0.05, 0.1) is 10.6 Å². The van der Waals surface area contributed by atoms with Crippen LogP contribution in [0.25, 0.3) is 0 Å². The SMILES string of the molecule is CCCCNC(=O)[C@H](Cc1ccccc1)N(Cc1ccc(Cl)cc1)C(=O)CN(c1cccc(C)c1C)S(=O)(=O)c1ccc(C)cc1. The van der Waals surface area contributed by atoms with Gasteiger partial charge in [-0.3, -0.25) is 13.9 Å². The molecule has 9 heteroatoms. The molecule has 1 atom stereocenters. The van der Waals surface area contributed by atoms with Crippen LogP contribution in [-0.4, -0.2) is 44.3 Å². The highest BCUT2D eigenvalue weighted by Gasteiger charge is 2.35.